The average Bonchev–Trinajstić information content (AvgIpc) is 3.39. The smallest absolute Gasteiger partial charge is 0.257 e. The number of hydrogen-bond donors (Lipinski definition) is 0. The Bertz CT molecular complexity index is 952. The van der Waals surface area contributed by atoms with Gasteiger partial charge in [-0.3, -0.25) is 4.79 Å². The Labute approximate surface area is 160 Å². The Kier molecular flexibility index (Phi) is 5.03. The maximum absolute atomic E-state index is 13.3. The number of carbonyl (C=O) groups is 1. The number of carbonyl (C=O) groups excluding carboxylic acids is 1. The lowest BCUT2D eigenvalue weighted by Crippen LogP contribution is -2.30. The molecule has 5 nitrogen and oxygen atoms in total. The van der Waals surface area contributed by atoms with Gasteiger partial charge in [-0.05, 0) is 56.0 Å². The Hall–Kier alpha value is -2.54. The van der Waals surface area contributed by atoms with Crippen molar-refractivity contribution in [1.29, 1.82) is 0 Å². The van der Waals surface area contributed by atoms with Gasteiger partial charge in [-0.25, -0.2) is 4.39 Å². The van der Waals surface area contributed by atoms with Gasteiger partial charge in [0.1, 0.15) is 11.9 Å². The fourth-order valence-corrected chi connectivity index (χ4v) is 4.22. The van der Waals surface area contributed by atoms with Gasteiger partial charge in [-0.15, -0.1) is 21.5 Å². The summed E-state index contributed by atoms with van der Waals surface area (Å²) in [6, 6.07) is 10.2. The van der Waals surface area contributed by atoms with Gasteiger partial charge in [0.25, 0.3) is 5.89 Å². The first-order valence-corrected chi connectivity index (χ1v) is 9.86. The van der Waals surface area contributed by atoms with E-state index in [0.717, 1.165) is 23.3 Å². The predicted molar refractivity (Wildman–Crippen MR) is 101 cm³/mol. The van der Waals surface area contributed by atoms with Crippen molar-refractivity contribution in [3.63, 3.8) is 0 Å². The van der Waals surface area contributed by atoms with Crippen molar-refractivity contribution in [2.24, 2.45) is 0 Å². The molecule has 1 unspecified atom stereocenters. The summed E-state index contributed by atoms with van der Waals surface area (Å²) >= 11 is 1.60. The van der Waals surface area contributed by atoms with Crippen LogP contribution in [0.5, 0.6) is 0 Å². The molecule has 0 saturated carbocycles. The van der Waals surface area contributed by atoms with Crippen molar-refractivity contribution in [1.82, 2.24) is 15.1 Å². The monoisotopic (exact) mass is 385 g/mol. The van der Waals surface area contributed by atoms with E-state index in [9.17, 15) is 9.18 Å². The van der Waals surface area contributed by atoms with Crippen molar-refractivity contribution < 1.29 is 13.6 Å². The summed E-state index contributed by atoms with van der Waals surface area (Å²) < 4.78 is 19.2. The number of thiophene rings is 1. The summed E-state index contributed by atoms with van der Waals surface area (Å²) in [5.41, 5.74) is 0.826. The minimum atomic E-state index is -0.277. The number of aromatic nitrogens is 2. The van der Waals surface area contributed by atoms with Crippen LogP contribution in [-0.2, 0) is 11.2 Å². The van der Waals surface area contributed by atoms with E-state index in [4.69, 9.17) is 4.42 Å². The van der Waals surface area contributed by atoms with Gasteiger partial charge >= 0.3 is 0 Å². The quantitative estimate of drug-likeness (QED) is 0.647. The number of likely N-dealkylation sites (tertiary alicyclic amines) is 1. The predicted octanol–water partition coefficient (Wildman–Crippen LogP) is 4.54. The van der Waals surface area contributed by atoms with E-state index >= 15 is 0 Å². The van der Waals surface area contributed by atoms with E-state index in [1.807, 2.05) is 30.0 Å². The summed E-state index contributed by atoms with van der Waals surface area (Å²) in [6.45, 7) is 2.71. The molecular weight excluding hydrogens is 365 g/mol. The van der Waals surface area contributed by atoms with Gasteiger partial charge in [0.05, 0.1) is 4.88 Å². The van der Waals surface area contributed by atoms with Gasteiger partial charge in [-0.2, -0.15) is 0 Å². The number of aryl methyl sites for hydroxylation is 2. The second-order valence-electron chi connectivity index (χ2n) is 6.73. The third kappa shape index (κ3) is 3.93. The maximum atomic E-state index is 13.3. The first-order chi connectivity index (χ1) is 13.1. The number of benzene rings is 1. The van der Waals surface area contributed by atoms with Crippen molar-refractivity contribution in [2.75, 3.05) is 6.54 Å². The van der Waals surface area contributed by atoms with E-state index < -0.39 is 0 Å². The first kappa shape index (κ1) is 17.9. The third-order valence-electron chi connectivity index (χ3n) is 4.77. The fourth-order valence-electron chi connectivity index (χ4n) is 3.43. The highest BCUT2D eigenvalue weighted by atomic mass is 32.1. The zero-order valence-electron chi connectivity index (χ0n) is 15.0. The first-order valence-electron chi connectivity index (χ1n) is 9.04. The molecule has 7 heteroatoms. The second-order valence-corrected chi connectivity index (χ2v) is 8.02. The summed E-state index contributed by atoms with van der Waals surface area (Å²) in [6.07, 6.45) is 2.58. The van der Waals surface area contributed by atoms with Crippen LogP contribution in [0.4, 0.5) is 4.39 Å². The number of nitrogens with zero attached hydrogens (tertiary/aromatic N) is 3. The molecule has 1 aliphatic rings. The molecule has 1 aromatic carbocycles. The van der Waals surface area contributed by atoms with Crippen LogP contribution in [0.2, 0.25) is 0 Å². The molecule has 3 heterocycles. The van der Waals surface area contributed by atoms with Gasteiger partial charge in [0.15, 0.2) is 0 Å². The SMILES string of the molecule is Cc1ccc(-c2nnc(C3CCCN3C(=O)CCc3cccc(F)c3)o2)s1. The molecule has 1 amide bonds. The molecule has 2 aromatic heterocycles. The largest absolute Gasteiger partial charge is 0.418 e. The van der Waals surface area contributed by atoms with Crippen LogP contribution in [0.3, 0.4) is 0 Å². The molecule has 0 bridgehead atoms. The van der Waals surface area contributed by atoms with Crippen LogP contribution >= 0.6 is 11.3 Å². The van der Waals surface area contributed by atoms with E-state index in [1.165, 1.54) is 17.0 Å². The zero-order chi connectivity index (χ0) is 18.8. The van der Waals surface area contributed by atoms with Crippen molar-refractivity contribution in [3.8, 4) is 10.8 Å². The van der Waals surface area contributed by atoms with Crippen LogP contribution in [0.1, 0.15) is 41.6 Å². The molecule has 0 radical (unpaired) electrons. The van der Waals surface area contributed by atoms with E-state index in [1.54, 1.807) is 17.4 Å². The number of rotatable bonds is 5. The van der Waals surface area contributed by atoms with Gasteiger partial charge in [-0.1, -0.05) is 12.1 Å². The summed E-state index contributed by atoms with van der Waals surface area (Å²) in [5, 5.41) is 8.35. The highest BCUT2D eigenvalue weighted by Crippen LogP contribution is 2.34. The zero-order valence-corrected chi connectivity index (χ0v) is 15.8. The highest BCUT2D eigenvalue weighted by Gasteiger charge is 2.33. The van der Waals surface area contributed by atoms with Crippen LogP contribution in [0.25, 0.3) is 10.8 Å². The van der Waals surface area contributed by atoms with Gasteiger partial charge in [0, 0.05) is 17.8 Å². The normalized spacial score (nSPS) is 16.8. The fraction of sp³-hybridized carbons (Fsp3) is 0.350. The minimum absolute atomic E-state index is 0.0356. The molecule has 1 aliphatic heterocycles. The van der Waals surface area contributed by atoms with Gasteiger partial charge < -0.3 is 9.32 Å². The molecule has 0 aliphatic carbocycles. The van der Waals surface area contributed by atoms with E-state index in [-0.39, 0.29) is 17.8 Å². The summed E-state index contributed by atoms with van der Waals surface area (Å²) in [4.78, 5) is 16.6. The molecule has 140 valence electrons. The van der Waals surface area contributed by atoms with Crippen LogP contribution in [-0.4, -0.2) is 27.5 Å². The Morgan fingerprint density at radius 2 is 2.22 bits per heavy atom. The highest BCUT2D eigenvalue weighted by molar-refractivity contribution is 7.15. The van der Waals surface area contributed by atoms with Crippen LogP contribution in [0.15, 0.2) is 40.8 Å². The Morgan fingerprint density at radius 3 is 3.00 bits per heavy atom. The molecule has 0 spiro atoms. The Morgan fingerprint density at radius 1 is 1.33 bits per heavy atom. The van der Waals surface area contributed by atoms with Crippen LogP contribution in [0, 0.1) is 12.7 Å². The molecule has 3 aromatic rings. The van der Waals surface area contributed by atoms with Gasteiger partial charge in [0.2, 0.25) is 11.8 Å². The molecule has 1 saturated heterocycles. The molecule has 4 rings (SSSR count). The third-order valence-corrected chi connectivity index (χ3v) is 5.76. The van der Waals surface area contributed by atoms with Crippen molar-refractivity contribution in [2.45, 2.75) is 38.6 Å². The lowest BCUT2D eigenvalue weighted by molar-refractivity contribution is -0.132. The molecule has 27 heavy (non-hydrogen) atoms. The second kappa shape index (κ2) is 7.60. The van der Waals surface area contributed by atoms with Crippen LogP contribution < -0.4 is 0 Å². The summed E-state index contributed by atoms with van der Waals surface area (Å²) in [7, 11) is 0. The lowest BCUT2D eigenvalue weighted by Gasteiger charge is -2.22. The average molecular weight is 385 g/mol. The number of amides is 1. The summed E-state index contributed by atoms with van der Waals surface area (Å²) in [5.74, 6) is 0.754. The lowest BCUT2D eigenvalue weighted by atomic mass is 10.1. The molecular formula is C20H20FN3O2S. The topological polar surface area (TPSA) is 59.2 Å². The van der Waals surface area contributed by atoms with Crippen molar-refractivity contribution >= 4 is 17.2 Å². The number of hydrogen-bond acceptors (Lipinski definition) is 5. The number of halogens is 1. The molecule has 1 fully saturated rings. The minimum Gasteiger partial charge on any atom is -0.418 e. The van der Waals surface area contributed by atoms with E-state index in [2.05, 4.69) is 10.2 Å². The standard InChI is InChI=1S/C20H20FN3O2S/c1-13-7-9-17(27-13)20-23-22-19(26-20)16-6-3-11-24(16)18(25)10-8-14-4-2-5-15(21)12-14/h2,4-5,7,9,12,16H,3,6,8,10-11H2,1H3. The van der Waals surface area contributed by atoms with E-state index in [0.29, 0.717) is 31.2 Å². The van der Waals surface area contributed by atoms with Crippen molar-refractivity contribution in [3.05, 3.63) is 58.5 Å². The maximum Gasteiger partial charge on any atom is 0.257 e. The Balaban J connectivity index is 1.44. The molecule has 1 atom stereocenters. The molecule has 0 N–H and O–H groups in total.